The van der Waals surface area contributed by atoms with E-state index >= 15 is 0 Å². The second-order valence-electron chi connectivity index (χ2n) is 7.65. The van der Waals surface area contributed by atoms with Crippen molar-refractivity contribution in [3.05, 3.63) is 48.4 Å². The molecule has 1 aliphatic rings. The highest BCUT2D eigenvalue weighted by molar-refractivity contribution is 7.89. The van der Waals surface area contributed by atoms with Gasteiger partial charge in [0.2, 0.25) is 10.0 Å². The van der Waals surface area contributed by atoms with Crippen LogP contribution < -0.4 is 14.4 Å². The summed E-state index contributed by atoms with van der Waals surface area (Å²) in [5, 5.41) is 8.24. The van der Waals surface area contributed by atoms with Crippen LogP contribution in [0.1, 0.15) is 26.1 Å². The van der Waals surface area contributed by atoms with Gasteiger partial charge in [0.25, 0.3) is 5.91 Å². The molecule has 0 saturated carbocycles. The van der Waals surface area contributed by atoms with Crippen molar-refractivity contribution < 1.29 is 17.9 Å². The molecular formula is C20H23N5O4S. The summed E-state index contributed by atoms with van der Waals surface area (Å²) in [6.07, 6.45) is 3.04. The topological polar surface area (TPSA) is 106 Å². The van der Waals surface area contributed by atoms with Gasteiger partial charge in [0.15, 0.2) is 11.2 Å². The highest BCUT2D eigenvalue weighted by atomic mass is 32.2. The van der Waals surface area contributed by atoms with E-state index in [1.807, 2.05) is 28.8 Å². The van der Waals surface area contributed by atoms with E-state index in [-0.39, 0.29) is 17.3 Å². The Morgan fingerprint density at radius 3 is 2.77 bits per heavy atom. The highest BCUT2D eigenvalue weighted by Crippen LogP contribution is 2.38. The number of nitrogens with zero attached hydrogens (tertiary/aromatic N) is 4. The van der Waals surface area contributed by atoms with E-state index in [0.717, 1.165) is 11.5 Å². The normalized spacial score (nSPS) is 15.8. The van der Waals surface area contributed by atoms with Crippen molar-refractivity contribution in [3.8, 4) is 5.75 Å². The SMILES string of the molecule is CN1C(=O)C(C)(C)Oc2cc(S(=O)(=O)NCCCc3nnc4ccccn34)ccc21. The minimum absolute atomic E-state index is 0.0905. The molecule has 2 aromatic heterocycles. The molecule has 0 atom stereocenters. The minimum Gasteiger partial charge on any atom is -0.476 e. The van der Waals surface area contributed by atoms with E-state index in [0.29, 0.717) is 24.3 Å². The first-order valence-corrected chi connectivity index (χ1v) is 11.1. The molecule has 1 amide bonds. The predicted octanol–water partition coefficient (Wildman–Crippen LogP) is 1.77. The van der Waals surface area contributed by atoms with Crippen molar-refractivity contribution >= 4 is 27.3 Å². The van der Waals surface area contributed by atoms with Crippen molar-refractivity contribution in [2.75, 3.05) is 18.5 Å². The zero-order chi connectivity index (χ0) is 21.5. The quantitative estimate of drug-likeness (QED) is 0.599. The van der Waals surface area contributed by atoms with Crippen LogP contribution in [0.3, 0.4) is 0 Å². The van der Waals surface area contributed by atoms with Gasteiger partial charge >= 0.3 is 0 Å². The van der Waals surface area contributed by atoms with Crippen LogP contribution in [0, 0.1) is 0 Å². The molecule has 0 radical (unpaired) electrons. The fourth-order valence-electron chi connectivity index (χ4n) is 3.45. The number of carbonyl (C=O) groups is 1. The van der Waals surface area contributed by atoms with Crippen molar-refractivity contribution in [1.29, 1.82) is 0 Å². The number of hydrogen-bond acceptors (Lipinski definition) is 6. The van der Waals surface area contributed by atoms with Crippen LogP contribution in [0.5, 0.6) is 5.75 Å². The molecular weight excluding hydrogens is 406 g/mol. The third-order valence-electron chi connectivity index (χ3n) is 5.04. The number of carbonyl (C=O) groups excluding carboxylic acids is 1. The highest BCUT2D eigenvalue weighted by Gasteiger charge is 2.39. The largest absolute Gasteiger partial charge is 0.476 e. The number of likely N-dealkylation sites (N-methyl/N-ethyl adjacent to an activating group) is 1. The lowest BCUT2D eigenvalue weighted by Crippen LogP contribution is -2.50. The molecule has 0 fully saturated rings. The van der Waals surface area contributed by atoms with E-state index in [4.69, 9.17) is 4.74 Å². The molecule has 0 unspecified atom stereocenters. The molecule has 0 spiro atoms. The number of fused-ring (bicyclic) bond motifs is 2. The number of nitrogens with one attached hydrogen (secondary N) is 1. The molecule has 9 nitrogen and oxygen atoms in total. The van der Waals surface area contributed by atoms with E-state index in [9.17, 15) is 13.2 Å². The number of ether oxygens (including phenoxy) is 1. The molecule has 158 valence electrons. The Morgan fingerprint density at radius 1 is 1.17 bits per heavy atom. The van der Waals surface area contributed by atoms with E-state index < -0.39 is 15.6 Å². The third kappa shape index (κ3) is 3.63. The van der Waals surface area contributed by atoms with Crippen molar-refractivity contribution in [2.24, 2.45) is 0 Å². The standard InChI is InChI=1S/C20H23N5O4S/c1-20(2)19(26)24(3)15-10-9-14(13-16(15)29-20)30(27,28)21-11-6-8-18-23-22-17-7-4-5-12-25(17)18/h4-5,7,9-10,12-13,21H,6,8,11H2,1-3H3. The number of pyridine rings is 1. The maximum Gasteiger partial charge on any atom is 0.270 e. The van der Waals surface area contributed by atoms with Crippen LogP contribution in [0.15, 0.2) is 47.5 Å². The number of amides is 1. The van der Waals surface area contributed by atoms with Crippen LogP contribution in [0.4, 0.5) is 5.69 Å². The van der Waals surface area contributed by atoms with Crippen molar-refractivity contribution in [2.45, 2.75) is 37.2 Å². The first-order valence-electron chi connectivity index (χ1n) is 9.58. The molecule has 3 heterocycles. The van der Waals surface area contributed by atoms with Gasteiger partial charge in [-0.1, -0.05) is 6.07 Å². The number of anilines is 1. The van der Waals surface area contributed by atoms with E-state index in [2.05, 4.69) is 14.9 Å². The van der Waals surface area contributed by atoms with Crippen LogP contribution in [0.2, 0.25) is 0 Å². The number of aryl methyl sites for hydroxylation is 1. The number of rotatable bonds is 6. The molecule has 3 aromatic rings. The maximum absolute atomic E-state index is 12.7. The molecule has 10 heteroatoms. The zero-order valence-electron chi connectivity index (χ0n) is 17.0. The molecule has 4 rings (SSSR count). The Bertz CT molecular complexity index is 1220. The molecule has 0 bridgehead atoms. The molecule has 1 N–H and O–H groups in total. The predicted molar refractivity (Wildman–Crippen MR) is 111 cm³/mol. The average Bonchev–Trinajstić information content (AvgIpc) is 3.12. The molecule has 0 saturated heterocycles. The lowest BCUT2D eigenvalue weighted by Gasteiger charge is -2.37. The van der Waals surface area contributed by atoms with Crippen LogP contribution in [-0.2, 0) is 21.2 Å². The van der Waals surface area contributed by atoms with Gasteiger partial charge in [0, 0.05) is 32.3 Å². The Labute approximate surface area is 174 Å². The number of hydrogen-bond donors (Lipinski definition) is 1. The van der Waals surface area contributed by atoms with Gasteiger partial charge in [0.05, 0.1) is 10.6 Å². The summed E-state index contributed by atoms with van der Waals surface area (Å²) in [5.41, 5.74) is 0.240. The van der Waals surface area contributed by atoms with Gasteiger partial charge in [-0.25, -0.2) is 13.1 Å². The summed E-state index contributed by atoms with van der Waals surface area (Å²) < 4.78 is 35.7. The molecule has 0 aliphatic carbocycles. The summed E-state index contributed by atoms with van der Waals surface area (Å²) in [6, 6.07) is 10.2. The zero-order valence-corrected chi connectivity index (χ0v) is 17.8. The number of aromatic nitrogens is 3. The maximum atomic E-state index is 12.7. The van der Waals surface area contributed by atoms with Gasteiger partial charge in [0.1, 0.15) is 11.6 Å². The monoisotopic (exact) mass is 429 g/mol. The van der Waals surface area contributed by atoms with Crippen LogP contribution >= 0.6 is 0 Å². The van der Waals surface area contributed by atoms with Crippen molar-refractivity contribution in [1.82, 2.24) is 19.3 Å². The number of sulfonamides is 1. The lowest BCUT2D eigenvalue weighted by atomic mass is 10.0. The first-order chi connectivity index (χ1) is 14.2. The van der Waals surface area contributed by atoms with Crippen LogP contribution in [0.25, 0.3) is 5.65 Å². The summed E-state index contributed by atoms with van der Waals surface area (Å²) in [4.78, 5) is 13.9. The lowest BCUT2D eigenvalue weighted by molar-refractivity contribution is -0.132. The number of benzene rings is 1. The first kappa shape index (κ1) is 20.3. The van der Waals surface area contributed by atoms with Crippen molar-refractivity contribution in [3.63, 3.8) is 0 Å². The average molecular weight is 430 g/mol. The Morgan fingerprint density at radius 2 is 1.97 bits per heavy atom. The summed E-state index contributed by atoms with van der Waals surface area (Å²) in [6.45, 7) is 3.57. The fraction of sp³-hybridized carbons (Fsp3) is 0.350. The minimum atomic E-state index is -3.72. The molecule has 1 aromatic carbocycles. The molecule has 30 heavy (non-hydrogen) atoms. The third-order valence-corrected chi connectivity index (χ3v) is 6.50. The van der Waals surface area contributed by atoms with Gasteiger partial charge in [-0.15, -0.1) is 10.2 Å². The molecule has 1 aliphatic heterocycles. The van der Waals surface area contributed by atoms with E-state index in [1.54, 1.807) is 27.0 Å². The van der Waals surface area contributed by atoms with E-state index in [1.165, 1.54) is 17.0 Å². The van der Waals surface area contributed by atoms with Gasteiger partial charge in [-0.05, 0) is 44.5 Å². The Hall–Kier alpha value is -2.98. The summed E-state index contributed by atoms with van der Waals surface area (Å²) in [5.74, 6) is 0.951. The Balaban J connectivity index is 1.43. The fourth-order valence-corrected chi connectivity index (χ4v) is 4.54. The summed E-state index contributed by atoms with van der Waals surface area (Å²) in [7, 11) is -2.08. The van der Waals surface area contributed by atoms with Gasteiger partial charge in [-0.3, -0.25) is 9.20 Å². The van der Waals surface area contributed by atoms with Gasteiger partial charge < -0.3 is 9.64 Å². The summed E-state index contributed by atoms with van der Waals surface area (Å²) >= 11 is 0. The smallest absolute Gasteiger partial charge is 0.270 e. The second-order valence-corrected chi connectivity index (χ2v) is 9.42. The second kappa shape index (κ2) is 7.37. The van der Waals surface area contributed by atoms with Gasteiger partial charge in [-0.2, -0.15) is 0 Å². The Kier molecular flexibility index (Phi) is 4.99. The van der Waals surface area contributed by atoms with Crippen LogP contribution in [-0.4, -0.2) is 48.1 Å².